The van der Waals surface area contributed by atoms with Crippen LogP contribution in [0.4, 0.5) is 0 Å². The number of ether oxygens (including phenoxy) is 2. The molecule has 2 atom stereocenters. The summed E-state index contributed by atoms with van der Waals surface area (Å²) in [5, 5.41) is 0. The number of allylic oxidation sites excluding steroid dienone is 5. The standard InChI is InChI=1S/C42H80NO7P/c1-6-8-10-12-14-16-18-20-22-23-25-27-29-31-33-35-42(44)50-41(40-49-51(45,46)48-38-36-43(3,4)5)39-47-37-34-32-30-28-26-24-21-19-17-15-13-11-9-7-2/h14,16,20,22,34,37,41H,6-13,15,17-19,21,23-33,35-36,38-40H2,1-5H3/p+1/b16-14+,22-20+,37-34+/t41-/m1/s1. The minimum absolute atomic E-state index is 0.0434. The predicted octanol–water partition coefficient (Wildman–Crippen LogP) is 12.2. The summed E-state index contributed by atoms with van der Waals surface area (Å²) in [5.41, 5.74) is 0. The Hall–Kier alpha value is -1.44. The van der Waals surface area contributed by atoms with Gasteiger partial charge in [-0.15, -0.1) is 0 Å². The van der Waals surface area contributed by atoms with E-state index < -0.39 is 13.9 Å². The highest BCUT2D eigenvalue weighted by molar-refractivity contribution is 7.47. The molecule has 0 aromatic heterocycles. The average molecular weight is 743 g/mol. The lowest BCUT2D eigenvalue weighted by Gasteiger charge is -2.24. The summed E-state index contributed by atoms with van der Waals surface area (Å²) in [5.74, 6) is -0.350. The number of carbonyl (C=O) groups excluding carboxylic acids is 1. The summed E-state index contributed by atoms with van der Waals surface area (Å²) in [4.78, 5) is 22.8. The van der Waals surface area contributed by atoms with E-state index in [-0.39, 0.29) is 25.8 Å². The molecule has 300 valence electrons. The summed E-state index contributed by atoms with van der Waals surface area (Å²) in [6.45, 7) is 4.89. The average Bonchev–Trinajstić information content (AvgIpc) is 3.08. The molecular formula is C42H81NO7P+. The fourth-order valence-corrected chi connectivity index (χ4v) is 6.23. The molecule has 1 unspecified atom stereocenters. The van der Waals surface area contributed by atoms with Gasteiger partial charge in [-0.3, -0.25) is 13.8 Å². The van der Waals surface area contributed by atoms with Gasteiger partial charge in [-0.1, -0.05) is 141 Å². The number of nitrogens with zero attached hydrogens (tertiary/aromatic N) is 1. The summed E-state index contributed by atoms with van der Waals surface area (Å²) in [7, 11) is 1.63. The van der Waals surface area contributed by atoms with Gasteiger partial charge in [0.05, 0.1) is 34.0 Å². The number of phosphoric ester groups is 1. The summed E-state index contributed by atoms with van der Waals surface area (Å²) >= 11 is 0. The highest BCUT2D eigenvalue weighted by atomic mass is 31.2. The third-order valence-electron chi connectivity index (χ3n) is 8.77. The fraction of sp³-hybridized carbons (Fsp3) is 0.833. The topological polar surface area (TPSA) is 91.3 Å². The number of hydrogen-bond donors (Lipinski definition) is 1. The second kappa shape index (κ2) is 35.6. The number of hydrogen-bond acceptors (Lipinski definition) is 6. The van der Waals surface area contributed by atoms with Crippen molar-refractivity contribution in [3.8, 4) is 0 Å². The minimum atomic E-state index is -4.29. The molecule has 0 saturated carbocycles. The quantitative estimate of drug-likeness (QED) is 0.0168. The van der Waals surface area contributed by atoms with E-state index in [4.69, 9.17) is 18.5 Å². The highest BCUT2D eigenvalue weighted by Gasteiger charge is 2.26. The Kier molecular flexibility index (Phi) is 34.6. The molecule has 0 amide bonds. The Morgan fingerprint density at radius 3 is 1.65 bits per heavy atom. The third kappa shape index (κ3) is 39.6. The van der Waals surface area contributed by atoms with Gasteiger partial charge in [0.15, 0.2) is 6.10 Å². The number of rotatable bonds is 38. The van der Waals surface area contributed by atoms with E-state index >= 15 is 0 Å². The number of quaternary nitrogens is 1. The molecule has 0 rings (SSSR count). The smallest absolute Gasteiger partial charge is 0.472 e. The first-order chi connectivity index (χ1) is 24.6. The Labute approximate surface area is 315 Å². The summed E-state index contributed by atoms with van der Waals surface area (Å²) in [6, 6.07) is 0. The zero-order chi connectivity index (χ0) is 37.7. The van der Waals surface area contributed by atoms with Crippen LogP contribution in [0.3, 0.4) is 0 Å². The van der Waals surface area contributed by atoms with E-state index in [1.54, 1.807) is 6.26 Å². The second-order valence-corrected chi connectivity index (χ2v) is 16.5. The molecular weight excluding hydrogens is 661 g/mol. The molecule has 8 nitrogen and oxygen atoms in total. The van der Waals surface area contributed by atoms with Crippen molar-refractivity contribution < 1.29 is 37.3 Å². The Morgan fingerprint density at radius 1 is 0.627 bits per heavy atom. The SMILES string of the molecule is CCCCC/C=C/C/C=C/CCCCCCCC(=O)O[C@H](CO/C=C/CCCCCCCCCCCCCC)COP(=O)(O)OCC[N+](C)(C)C. The predicted molar refractivity (Wildman–Crippen MR) is 215 cm³/mol. The van der Waals surface area contributed by atoms with E-state index in [0.29, 0.717) is 17.4 Å². The summed E-state index contributed by atoms with van der Waals surface area (Å²) in [6.07, 6.45) is 41.2. The molecule has 1 N–H and O–H groups in total. The first-order valence-electron chi connectivity index (χ1n) is 20.8. The number of esters is 1. The van der Waals surface area contributed by atoms with Crippen LogP contribution in [0.15, 0.2) is 36.6 Å². The van der Waals surface area contributed by atoms with Crippen molar-refractivity contribution >= 4 is 13.8 Å². The van der Waals surface area contributed by atoms with Gasteiger partial charge in [-0.25, -0.2) is 4.57 Å². The maximum atomic E-state index is 12.6. The van der Waals surface area contributed by atoms with Crippen molar-refractivity contribution in [1.82, 2.24) is 0 Å². The maximum absolute atomic E-state index is 12.6. The number of unbranched alkanes of at least 4 members (excludes halogenated alkanes) is 20. The molecule has 0 aliphatic rings. The molecule has 0 fully saturated rings. The van der Waals surface area contributed by atoms with Crippen molar-refractivity contribution in [1.29, 1.82) is 0 Å². The molecule has 0 heterocycles. The molecule has 51 heavy (non-hydrogen) atoms. The van der Waals surface area contributed by atoms with E-state index in [1.165, 1.54) is 96.3 Å². The zero-order valence-corrected chi connectivity index (χ0v) is 34.7. The van der Waals surface area contributed by atoms with Crippen LogP contribution in [-0.2, 0) is 27.9 Å². The highest BCUT2D eigenvalue weighted by Crippen LogP contribution is 2.43. The molecule has 0 aliphatic carbocycles. The van der Waals surface area contributed by atoms with E-state index in [2.05, 4.69) is 38.2 Å². The van der Waals surface area contributed by atoms with Crippen LogP contribution < -0.4 is 0 Å². The van der Waals surface area contributed by atoms with Crippen LogP contribution in [0, 0.1) is 0 Å². The second-order valence-electron chi connectivity index (χ2n) is 15.1. The van der Waals surface area contributed by atoms with Crippen LogP contribution in [0.2, 0.25) is 0 Å². The lowest BCUT2D eigenvalue weighted by Crippen LogP contribution is -2.37. The first-order valence-corrected chi connectivity index (χ1v) is 22.3. The van der Waals surface area contributed by atoms with Gasteiger partial charge in [0.25, 0.3) is 0 Å². The molecule has 9 heteroatoms. The fourth-order valence-electron chi connectivity index (χ4n) is 5.49. The van der Waals surface area contributed by atoms with E-state index in [1.807, 2.05) is 27.2 Å². The Bertz CT molecular complexity index is 915. The third-order valence-corrected chi connectivity index (χ3v) is 9.75. The van der Waals surface area contributed by atoms with Gasteiger partial charge >= 0.3 is 13.8 Å². The maximum Gasteiger partial charge on any atom is 0.472 e. The van der Waals surface area contributed by atoms with Crippen molar-refractivity contribution in [2.45, 2.75) is 180 Å². The van der Waals surface area contributed by atoms with Crippen LogP contribution in [0.25, 0.3) is 0 Å². The number of likely N-dealkylation sites (N-methyl/N-ethyl adjacent to an activating group) is 1. The van der Waals surface area contributed by atoms with Crippen molar-refractivity contribution in [3.05, 3.63) is 36.6 Å². The molecule has 0 radical (unpaired) electrons. The van der Waals surface area contributed by atoms with Gasteiger partial charge in [0.1, 0.15) is 19.8 Å². The minimum Gasteiger partial charge on any atom is -0.498 e. The van der Waals surface area contributed by atoms with Crippen LogP contribution in [0.5, 0.6) is 0 Å². The van der Waals surface area contributed by atoms with Crippen LogP contribution in [0.1, 0.15) is 174 Å². The van der Waals surface area contributed by atoms with Gasteiger partial charge in [0.2, 0.25) is 0 Å². The van der Waals surface area contributed by atoms with Crippen molar-refractivity contribution in [2.75, 3.05) is 47.5 Å². The van der Waals surface area contributed by atoms with Gasteiger partial charge in [-0.05, 0) is 57.4 Å². The normalized spacial score (nSPS) is 14.2. The van der Waals surface area contributed by atoms with Crippen molar-refractivity contribution in [3.63, 3.8) is 0 Å². The van der Waals surface area contributed by atoms with Crippen LogP contribution >= 0.6 is 7.82 Å². The lowest BCUT2D eigenvalue weighted by molar-refractivity contribution is -0.870. The lowest BCUT2D eigenvalue weighted by atomic mass is 10.0. The molecule has 0 aliphatic heterocycles. The first kappa shape index (κ1) is 49.6. The number of phosphoric acid groups is 1. The molecule has 0 aromatic rings. The molecule has 0 spiro atoms. The summed E-state index contributed by atoms with van der Waals surface area (Å²) < 4.78 is 34.7. The molecule has 0 bridgehead atoms. The van der Waals surface area contributed by atoms with Crippen LogP contribution in [-0.4, -0.2) is 69.0 Å². The molecule has 0 saturated heterocycles. The van der Waals surface area contributed by atoms with Crippen molar-refractivity contribution in [2.24, 2.45) is 0 Å². The van der Waals surface area contributed by atoms with E-state index in [9.17, 15) is 14.3 Å². The van der Waals surface area contributed by atoms with Gasteiger partial charge in [0, 0.05) is 6.42 Å². The Morgan fingerprint density at radius 2 is 1.10 bits per heavy atom. The van der Waals surface area contributed by atoms with Gasteiger partial charge in [-0.2, -0.15) is 0 Å². The monoisotopic (exact) mass is 743 g/mol. The zero-order valence-electron chi connectivity index (χ0n) is 33.8. The van der Waals surface area contributed by atoms with Gasteiger partial charge < -0.3 is 18.9 Å². The largest absolute Gasteiger partial charge is 0.498 e. The Balaban J connectivity index is 4.35. The molecule has 0 aromatic carbocycles. The number of carbonyl (C=O) groups is 1. The van der Waals surface area contributed by atoms with E-state index in [0.717, 1.165) is 57.8 Å².